The summed E-state index contributed by atoms with van der Waals surface area (Å²) in [6, 6.07) is 8.99. The van der Waals surface area contributed by atoms with Crippen LogP contribution in [-0.4, -0.2) is 24.0 Å². The molecule has 0 fully saturated rings. The minimum Gasteiger partial charge on any atom is -0.322 e. The smallest absolute Gasteiger partial charge is 0.238 e. The van der Waals surface area contributed by atoms with Crippen molar-refractivity contribution in [2.24, 2.45) is 0 Å². The van der Waals surface area contributed by atoms with E-state index < -0.39 is 0 Å². The molecule has 0 atom stereocenters. The van der Waals surface area contributed by atoms with Gasteiger partial charge in [-0.1, -0.05) is 29.3 Å². The number of hydrogen-bond acceptors (Lipinski definition) is 3. The molecular weight excluding hydrogens is 309 g/mol. The summed E-state index contributed by atoms with van der Waals surface area (Å²) in [5.74, 6) is -0.181. The second kappa shape index (κ2) is 7.98. The van der Waals surface area contributed by atoms with Crippen LogP contribution in [0.4, 0.5) is 5.69 Å². The van der Waals surface area contributed by atoms with Gasteiger partial charge in [0.15, 0.2) is 0 Å². The zero-order valence-corrected chi connectivity index (χ0v) is 12.8. The molecule has 21 heavy (non-hydrogen) atoms. The van der Waals surface area contributed by atoms with Crippen LogP contribution in [0.5, 0.6) is 0 Å². The average molecular weight is 324 g/mol. The Morgan fingerprint density at radius 3 is 2.43 bits per heavy atom. The average Bonchev–Trinajstić information content (AvgIpc) is 2.49. The summed E-state index contributed by atoms with van der Waals surface area (Å²) in [6.45, 7) is 0.903. The first-order valence-electron chi connectivity index (χ1n) is 6.50. The largest absolute Gasteiger partial charge is 0.322 e. The first-order valence-corrected chi connectivity index (χ1v) is 7.26. The number of carbonyl (C=O) groups excluding carboxylic acids is 1. The molecule has 1 aromatic carbocycles. The topological polar surface area (TPSA) is 54.0 Å². The molecule has 1 amide bonds. The van der Waals surface area contributed by atoms with Crippen molar-refractivity contribution in [1.82, 2.24) is 10.3 Å². The van der Waals surface area contributed by atoms with Crippen LogP contribution < -0.4 is 10.6 Å². The molecule has 0 saturated carbocycles. The fourth-order valence-electron chi connectivity index (χ4n) is 1.78. The van der Waals surface area contributed by atoms with Crippen molar-refractivity contribution in [3.8, 4) is 0 Å². The third-order valence-electron chi connectivity index (χ3n) is 2.85. The number of aromatic nitrogens is 1. The van der Waals surface area contributed by atoms with Gasteiger partial charge < -0.3 is 10.6 Å². The Balaban J connectivity index is 1.75. The van der Waals surface area contributed by atoms with Crippen LogP contribution in [-0.2, 0) is 11.2 Å². The molecule has 1 heterocycles. The Hall–Kier alpha value is -1.62. The molecule has 0 spiro atoms. The maximum atomic E-state index is 11.8. The number of para-hydroxylation sites is 1. The van der Waals surface area contributed by atoms with E-state index in [1.165, 1.54) is 5.56 Å². The second-order valence-electron chi connectivity index (χ2n) is 4.43. The molecule has 0 aliphatic carbocycles. The summed E-state index contributed by atoms with van der Waals surface area (Å²) in [5, 5.41) is 6.62. The third kappa shape index (κ3) is 5.01. The lowest BCUT2D eigenvalue weighted by Gasteiger charge is -2.09. The molecule has 0 unspecified atom stereocenters. The van der Waals surface area contributed by atoms with Crippen LogP contribution >= 0.6 is 23.2 Å². The molecule has 2 rings (SSSR count). The first kappa shape index (κ1) is 15.8. The van der Waals surface area contributed by atoms with Gasteiger partial charge in [0.2, 0.25) is 5.91 Å². The summed E-state index contributed by atoms with van der Waals surface area (Å²) < 4.78 is 0. The van der Waals surface area contributed by atoms with Gasteiger partial charge in [0.1, 0.15) is 0 Å². The highest BCUT2D eigenvalue weighted by molar-refractivity contribution is 6.39. The van der Waals surface area contributed by atoms with Crippen LogP contribution in [0.2, 0.25) is 10.0 Å². The van der Waals surface area contributed by atoms with Crippen LogP contribution in [0, 0.1) is 0 Å². The molecule has 0 aliphatic rings. The highest BCUT2D eigenvalue weighted by Gasteiger charge is 2.08. The van der Waals surface area contributed by atoms with Crippen molar-refractivity contribution in [2.75, 3.05) is 18.4 Å². The minimum absolute atomic E-state index is 0.181. The minimum atomic E-state index is -0.181. The molecular formula is C15H15Cl2N3O. The van der Waals surface area contributed by atoms with Gasteiger partial charge >= 0.3 is 0 Å². The Morgan fingerprint density at radius 1 is 1.10 bits per heavy atom. The molecule has 1 aromatic heterocycles. The van der Waals surface area contributed by atoms with Gasteiger partial charge in [-0.25, -0.2) is 0 Å². The molecule has 0 aliphatic heterocycles. The lowest BCUT2D eigenvalue weighted by atomic mass is 10.2. The molecule has 0 saturated heterocycles. The summed E-state index contributed by atoms with van der Waals surface area (Å²) in [6.07, 6.45) is 4.34. The Bertz CT molecular complexity index is 585. The summed E-state index contributed by atoms with van der Waals surface area (Å²) >= 11 is 12.0. The van der Waals surface area contributed by atoms with E-state index in [9.17, 15) is 4.79 Å². The maximum absolute atomic E-state index is 11.8. The SMILES string of the molecule is O=C(CNCCc1ccncc1)Nc1c(Cl)cccc1Cl. The molecule has 110 valence electrons. The van der Waals surface area contributed by atoms with E-state index in [2.05, 4.69) is 15.6 Å². The predicted octanol–water partition coefficient (Wildman–Crippen LogP) is 3.16. The summed E-state index contributed by atoms with van der Waals surface area (Å²) in [5.41, 5.74) is 1.62. The van der Waals surface area contributed by atoms with Gasteiger partial charge in [0.05, 0.1) is 22.3 Å². The fraction of sp³-hybridized carbons (Fsp3) is 0.200. The fourth-order valence-corrected chi connectivity index (χ4v) is 2.28. The van der Waals surface area contributed by atoms with E-state index in [0.29, 0.717) is 22.3 Å². The van der Waals surface area contributed by atoms with Crippen molar-refractivity contribution >= 4 is 34.8 Å². The molecule has 0 bridgehead atoms. The number of halogens is 2. The maximum Gasteiger partial charge on any atom is 0.238 e. The van der Waals surface area contributed by atoms with E-state index in [4.69, 9.17) is 23.2 Å². The monoisotopic (exact) mass is 323 g/mol. The zero-order valence-electron chi connectivity index (χ0n) is 11.3. The van der Waals surface area contributed by atoms with E-state index in [0.717, 1.165) is 6.42 Å². The van der Waals surface area contributed by atoms with Crippen LogP contribution in [0.25, 0.3) is 0 Å². The number of rotatable bonds is 6. The number of carbonyl (C=O) groups is 1. The van der Waals surface area contributed by atoms with Crippen LogP contribution in [0.1, 0.15) is 5.56 Å². The summed E-state index contributed by atoms with van der Waals surface area (Å²) in [7, 11) is 0. The zero-order chi connectivity index (χ0) is 15.1. The van der Waals surface area contributed by atoms with Crippen molar-refractivity contribution in [1.29, 1.82) is 0 Å². The Morgan fingerprint density at radius 2 is 1.76 bits per heavy atom. The van der Waals surface area contributed by atoms with Gasteiger partial charge in [-0.2, -0.15) is 0 Å². The van der Waals surface area contributed by atoms with Gasteiger partial charge in [0, 0.05) is 12.4 Å². The van der Waals surface area contributed by atoms with E-state index >= 15 is 0 Å². The Kier molecular flexibility index (Phi) is 5.99. The highest BCUT2D eigenvalue weighted by Crippen LogP contribution is 2.29. The van der Waals surface area contributed by atoms with Crippen molar-refractivity contribution in [3.05, 3.63) is 58.3 Å². The third-order valence-corrected chi connectivity index (χ3v) is 3.48. The molecule has 4 nitrogen and oxygen atoms in total. The van der Waals surface area contributed by atoms with Crippen molar-refractivity contribution in [2.45, 2.75) is 6.42 Å². The number of anilines is 1. The van der Waals surface area contributed by atoms with E-state index in [1.54, 1.807) is 30.6 Å². The van der Waals surface area contributed by atoms with E-state index in [-0.39, 0.29) is 12.5 Å². The van der Waals surface area contributed by atoms with Crippen LogP contribution in [0.3, 0.4) is 0 Å². The second-order valence-corrected chi connectivity index (χ2v) is 5.24. The molecule has 2 N–H and O–H groups in total. The van der Waals surface area contributed by atoms with Gasteiger partial charge in [-0.05, 0) is 42.8 Å². The quantitative estimate of drug-likeness (QED) is 0.803. The highest BCUT2D eigenvalue weighted by atomic mass is 35.5. The predicted molar refractivity (Wildman–Crippen MR) is 85.9 cm³/mol. The summed E-state index contributed by atoms with van der Waals surface area (Å²) in [4.78, 5) is 15.8. The van der Waals surface area contributed by atoms with Crippen molar-refractivity contribution in [3.63, 3.8) is 0 Å². The Labute approximate surface area is 133 Å². The van der Waals surface area contributed by atoms with Gasteiger partial charge in [-0.15, -0.1) is 0 Å². The number of benzene rings is 1. The number of amides is 1. The number of nitrogens with zero attached hydrogens (tertiary/aromatic N) is 1. The molecule has 0 radical (unpaired) electrons. The van der Waals surface area contributed by atoms with Crippen LogP contribution in [0.15, 0.2) is 42.7 Å². The van der Waals surface area contributed by atoms with Gasteiger partial charge in [-0.3, -0.25) is 9.78 Å². The number of hydrogen-bond donors (Lipinski definition) is 2. The lowest BCUT2D eigenvalue weighted by molar-refractivity contribution is -0.115. The van der Waals surface area contributed by atoms with Crippen molar-refractivity contribution < 1.29 is 4.79 Å². The number of nitrogens with one attached hydrogen (secondary N) is 2. The molecule has 6 heteroatoms. The van der Waals surface area contributed by atoms with Gasteiger partial charge in [0.25, 0.3) is 0 Å². The number of pyridine rings is 1. The normalized spacial score (nSPS) is 10.4. The standard InChI is InChI=1S/C15H15Cl2N3O/c16-12-2-1-3-13(17)15(12)20-14(21)10-19-9-6-11-4-7-18-8-5-11/h1-5,7-8,19H,6,9-10H2,(H,20,21). The molecule has 2 aromatic rings. The first-order chi connectivity index (χ1) is 10.2. The lowest BCUT2D eigenvalue weighted by Crippen LogP contribution is -2.29. The van der Waals surface area contributed by atoms with E-state index in [1.807, 2.05) is 12.1 Å².